The minimum atomic E-state index is -0.998. The lowest BCUT2D eigenvalue weighted by Gasteiger charge is -2.03. The van der Waals surface area contributed by atoms with Crippen molar-refractivity contribution in [2.24, 2.45) is 0 Å². The zero-order chi connectivity index (χ0) is 16.4. The number of hydrogen-bond donors (Lipinski definition) is 1. The maximum absolute atomic E-state index is 13.4. The zero-order valence-electron chi connectivity index (χ0n) is 11.9. The highest BCUT2D eigenvalue weighted by atomic mass is 19.1. The molecule has 5 heteroatoms. The number of aromatic carboxylic acids is 1. The number of benzene rings is 2. The fourth-order valence-electron chi connectivity index (χ4n) is 2.35. The van der Waals surface area contributed by atoms with E-state index in [1.165, 1.54) is 24.3 Å². The maximum atomic E-state index is 13.4. The third-order valence-electron chi connectivity index (χ3n) is 3.50. The number of carbonyl (C=O) groups is 1. The van der Waals surface area contributed by atoms with Crippen molar-refractivity contribution in [3.8, 4) is 22.9 Å². The number of nitrogens with zero attached hydrogens (tertiary/aromatic N) is 2. The highest BCUT2D eigenvalue weighted by molar-refractivity contribution is 5.87. The van der Waals surface area contributed by atoms with Gasteiger partial charge in [0.15, 0.2) is 0 Å². The van der Waals surface area contributed by atoms with Gasteiger partial charge in [-0.25, -0.2) is 9.18 Å². The molecule has 0 spiro atoms. The molecule has 0 atom stereocenters. The number of hydrogen-bond acceptors (Lipinski definition) is 2. The van der Waals surface area contributed by atoms with Crippen molar-refractivity contribution < 1.29 is 14.3 Å². The van der Waals surface area contributed by atoms with Crippen molar-refractivity contribution in [1.29, 1.82) is 5.26 Å². The summed E-state index contributed by atoms with van der Waals surface area (Å²) in [7, 11) is 0. The largest absolute Gasteiger partial charge is 0.478 e. The Morgan fingerprint density at radius 2 is 1.87 bits per heavy atom. The van der Waals surface area contributed by atoms with Crippen molar-refractivity contribution in [3.05, 3.63) is 77.9 Å². The summed E-state index contributed by atoms with van der Waals surface area (Å²) < 4.78 is 15.1. The molecule has 2 aromatic carbocycles. The van der Waals surface area contributed by atoms with E-state index < -0.39 is 5.97 Å². The predicted octanol–water partition coefficient (Wildman–Crippen LogP) is 3.85. The summed E-state index contributed by atoms with van der Waals surface area (Å²) in [4.78, 5) is 10.9. The molecule has 4 nitrogen and oxygen atoms in total. The zero-order valence-corrected chi connectivity index (χ0v) is 11.9. The minimum Gasteiger partial charge on any atom is -0.478 e. The molecular weight excluding hydrogens is 295 g/mol. The van der Waals surface area contributed by atoms with E-state index in [0.717, 1.165) is 0 Å². The van der Waals surface area contributed by atoms with Crippen LogP contribution in [0.4, 0.5) is 4.39 Å². The summed E-state index contributed by atoms with van der Waals surface area (Å²) in [6, 6.07) is 14.4. The molecule has 0 amide bonds. The van der Waals surface area contributed by atoms with E-state index in [1.807, 2.05) is 0 Å². The molecule has 0 aliphatic heterocycles. The Bertz CT molecular complexity index is 921. The van der Waals surface area contributed by atoms with Crippen LogP contribution in [0.15, 0.2) is 60.9 Å². The average molecular weight is 306 g/mol. The van der Waals surface area contributed by atoms with E-state index in [1.54, 1.807) is 41.2 Å². The number of aromatic nitrogens is 1. The molecule has 0 fully saturated rings. The van der Waals surface area contributed by atoms with Crippen LogP contribution in [0.1, 0.15) is 15.9 Å². The van der Waals surface area contributed by atoms with Crippen LogP contribution in [0.2, 0.25) is 0 Å². The first-order valence-corrected chi connectivity index (χ1v) is 6.80. The first-order chi connectivity index (χ1) is 11.1. The van der Waals surface area contributed by atoms with Gasteiger partial charge in [-0.3, -0.25) is 0 Å². The molecule has 23 heavy (non-hydrogen) atoms. The van der Waals surface area contributed by atoms with Crippen LogP contribution in [-0.2, 0) is 0 Å². The monoisotopic (exact) mass is 306 g/mol. The third kappa shape index (κ3) is 2.83. The molecule has 0 aliphatic carbocycles. The van der Waals surface area contributed by atoms with Gasteiger partial charge < -0.3 is 9.67 Å². The molecule has 1 N–H and O–H groups in total. The Morgan fingerprint density at radius 3 is 2.48 bits per heavy atom. The van der Waals surface area contributed by atoms with Crippen LogP contribution in [0.5, 0.6) is 0 Å². The highest BCUT2D eigenvalue weighted by Crippen LogP contribution is 2.26. The molecule has 3 aromatic rings. The SMILES string of the molecule is N#Cc1cn(-c2ccc(C(=O)O)cc2)cc1-c1cccc(F)c1. The molecule has 0 aliphatic rings. The summed E-state index contributed by atoms with van der Waals surface area (Å²) in [5, 5.41) is 18.2. The summed E-state index contributed by atoms with van der Waals surface area (Å²) in [6.07, 6.45) is 3.36. The second-order valence-electron chi connectivity index (χ2n) is 4.97. The first-order valence-electron chi connectivity index (χ1n) is 6.80. The van der Waals surface area contributed by atoms with E-state index in [9.17, 15) is 14.4 Å². The van der Waals surface area contributed by atoms with Gasteiger partial charge in [-0.05, 0) is 42.0 Å². The van der Waals surface area contributed by atoms with E-state index >= 15 is 0 Å². The maximum Gasteiger partial charge on any atom is 0.335 e. The second-order valence-corrected chi connectivity index (χ2v) is 4.97. The molecule has 0 unspecified atom stereocenters. The summed E-state index contributed by atoms with van der Waals surface area (Å²) in [5.41, 5.74) is 2.55. The van der Waals surface area contributed by atoms with Gasteiger partial charge in [-0.1, -0.05) is 12.1 Å². The van der Waals surface area contributed by atoms with Gasteiger partial charge in [0.1, 0.15) is 11.9 Å². The second kappa shape index (κ2) is 5.78. The van der Waals surface area contributed by atoms with Gasteiger partial charge in [0.05, 0.1) is 11.1 Å². The van der Waals surface area contributed by atoms with Gasteiger partial charge >= 0.3 is 5.97 Å². The average Bonchev–Trinajstić information content (AvgIpc) is 2.99. The molecule has 0 bridgehead atoms. The molecule has 1 aromatic heterocycles. The Labute approximate surface area is 131 Å². The third-order valence-corrected chi connectivity index (χ3v) is 3.50. The van der Waals surface area contributed by atoms with E-state index in [2.05, 4.69) is 6.07 Å². The van der Waals surface area contributed by atoms with Crippen LogP contribution in [0.25, 0.3) is 16.8 Å². The Morgan fingerprint density at radius 1 is 1.13 bits per heavy atom. The van der Waals surface area contributed by atoms with E-state index in [-0.39, 0.29) is 11.4 Å². The molecule has 3 rings (SSSR count). The standard InChI is InChI=1S/C18H11FN2O2/c19-15-3-1-2-13(8-15)17-11-21(10-14(17)9-20)16-6-4-12(5-7-16)18(22)23/h1-8,10-11H,(H,22,23). The van der Waals surface area contributed by atoms with Crippen LogP contribution < -0.4 is 0 Å². The van der Waals surface area contributed by atoms with Gasteiger partial charge in [0.2, 0.25) is 0 Å². The number of rotatable bonds is 3. The topological polar surface area (TPSA) is 66.0 Å². The normalized spacial score (nSPS) is 10.3. The van der Waals surface area contributed by atoms with Crippen molar-refractivity contribution in [2.45, 2.75) is 0 Å². The lowest BCUT2D eigenvalue weighted by molar-refractivity contribution is 0.0697. The Hall–Kier alpha value is -3.39. The van der Waals surface area contributed by atoms with Crippen LogP contribution in [0, 0.1) is 17.1 Å². The quantitative estimate of drug-likeness (QED) is 0.799. The molecule has 0 saturated carbocycles. The van der Waals surface area contributed by atoms with Gasteiger partial charge in [-0.2, -0.15) is 5.26 Å². The Balaban J connectivity index is 2.05. The first kappa shape index (κ1) is 14.5. The molecule has 0 radical (unpaired) electrons. The van der Waals surface area contributed by atoms with Gasteiger partial charge in [-0.15, -0.1) is 0 Å². The number of halogens is 1. The number of carboxylic acid groups (broad SMARTS) is 1. The van der Waals surface area contributed by atoms with Crippen molar-refractivity contribution in [1.82, 2.24) is 4.57 Å². The summed E-state index contributed by atoms with van der Waals surface area (Å²) >= 11 is 0. The van der Waals surface area contributed by atoms with Crippen LogP contribution in [-0.4, -0.2) is 15.6 Å². The predicted molar refractivity (Wildman–Crippen MR) is 82.8 cm³/mol. The highest BCUT2D eigenvalue weighted by Gasteiger charge is 2.11. The van der Waals surface area contributed by atoms with Crippen molar-refractivity contribution >= 4 is 5.97 Å². The van der Waals surface area contributed by atoms with Crippen LogP contribution in [0.3, 0.4) is 0 Å². The molecule has 0 saturated heterocycles. The van der Waals surface area contributed by atoms with Crippen molar-refractivity contribution in [3.63, 3.8) is 0 Å². The van der Waals surface area contributed by atoms with Gasteiger partial charge in [0, 0.05) is 23.6 Å². The van der Waals surface area contributed by atoms with E-state index in [4.69, 9.17) is 5.11 Å². The lowest BCUT2D eigenvalue weighted by Crippen LogP contribution is -1.97. The smallest absolute Gasteiger partial charge is 0.335 e. The number of carboxylic acids is 1. The van der Waals surface area contributed by atoms with E-state index in [0.29, 0.717) is 22.4 Å². The molecule has 1 heterocycles. The van der Waals surface area contributed by atoms with Gasteiger partial charge in [0.25, 0.3) is 0 Å². The Kier molecular flexibility index (Phi) is 3.65. The summed E-state index contributed by atoms with van der Waals surface area (Å²) in [5.74, 6) is -1.37. The van der Waals surface area contributed by atoms with Crippen LogP contribution >= 0.6 is 0 Å². The summed E-state index contributed by atoms with van der Waals surface area (Å²) in [6.45, 7) is 0. The number of nitriles is 1. The fourth-order valence-corrected chi connectivity index (χ4v) is 2.35. The minimum absolute atomic E-state index is 0.187. The lowest BCUT2D eigenvalue weighted by atomic mass is 10.1. The molecule has 112 valence electrons. The van der Waals surface area contributed by atoms with Crippen molar-refractivity contribution in [2.75, 3.05) is 0 Å². The molecular formula is C18H11FN2O2. The fraction of sp³-hybridized carbons (Fsp3) is 0.